The number of aromatic nitrogens is 2. The zero-order chi connectivity index (χ0) is 24.7. The average molecular weight is 470 g/mol. The average Bonchev–Trinajstić information content (AvgIpc) is 3.19. The summed E-state index contributed by atoms with van der Waals surface area (Å²) in [5.41, 5.74) is 4.05. The highest BCUT2D eigenvalue weighted by Crippen LogP contribution is 2.39. The van der Waals surface area contributed by atoms with Gasteiger partial charge in [-0.1, -0.05) is 30.4 Å². The number of nitrogens with zero attached hydrogens (tertiary/aromatic N) is 2. The van der Waals surface area contributed by atoms with Crippen LogP contribution in [-0.4, -0.2) is 39.7 Å². The molecule has 1 atom stereocenters. The van der Waals surface area contributed by atoms with E-state index in [2.05, 4.69) is 16.9 Å². The van der Waals surface area contributed by atoms with E-state index in [4.69, 9.17) is 9.84 Å². The quantitative estimate of drug-likeness (QED) is 0.204. The molecule has 0 saturated carbocycles. The minimum atomic E-state index is -0.734. The minimum Gasteiger partial charge on any atom is -0.481 e. The number of benzene rings is 2. The first kappa shape index (κ1) is 22.8. The van der Waals surface area contributed by atoms with E-state index >= 15 is 0 Å². The van der Waals surface area contributed by atoms with Crippen LogP contribution >= 0.6 is 0 Å². The molecule has 3 aromatic heterocycles. The summed E-state index contributed by atoms with van der Waals surface area (Å²) in [5.74, 6) is 0.323. The maximum Gasteiger partial charge on any atom is 0.263 e. The fourth-order valence-corrected chi connectivity index (χ4v) is 4.78. The van der Waals surface area contributed by atoms with Crippen LogP contribution in [0, 0.1) is 0 Å². The lowest BCUT2D eigenvalue weighted by molar-refractivity contribution is -0.127. The number of nitrogens with one attached hydrogen (secondary N) is 1. The molecule has 0 aliphatic heterocycles. The van der Waals surface area contributed by atoms with Crippen molar-refractivity contribution in [1.82, 2.24) is 14.7 Å². The monoisotopic (exact) mass is 469 g/mol. The summed E-state index contributed by atoms with van der Waals surface area (Å²) in [4.78, 5) is 30.7. The molecule has 0 saturated heterocycles. The number of carbonyl (C=O) groups is 1. The second kappa shape index (κ2) is 9.00. The van der Waals surface area contributed by atoms with Crippen molar-refractivity contribution in [2.75, 3.05) is 13.2 Å². The highest BCUT2D eigenvalue weighted by Gasteiger charge is 2.23. The number of hydrogen-bond acceptors (Lipinski definition) is 5. The van der Waals surface area contributed by atoms with Gasteiger partial charge in [-0.15, -0.1) is 0 Å². The number of allylic oxidation sites excluding steroid dienone is 1. The molecular formula is C28H27N3O4. The summed E-state index contributed by atoms with van der Waals surface area (Å²) in [5, 5.41) is 15.0. The van der Waals surface area contributed by atoms with E-state index in [1.807, 2.05) is 49.4 Å². The first-order valence-corrected chi connectivity index (χ1v) is 11.7. The van der Waals surface area contributed by atoms with E-state index in [0.29, 0.717) is 30.5 Å². The van der Waals surface area contributed by atoms with E-state index in [9.17, 15) is 9.59 Å². The summed E-state index contributed by atoms with van der Waals surface area (Å²) in [7, 11) is 0. The van der Waals surface area contributed by atoms with E-state index in [1.54, 1.807) is 17.5 Å². The molecule has 0 radical (unpaired) electrons. The maximum absolute atomic E-state index is 13.6. The molecule has 35 heavy (non-hydrogen) atoms. The van der Waals surface area contributed by atoms with Crippen LogP contribution in [0.1, 0.15) is 25.8 Å². The Morgan fingerprint density at radius 1 is 1.17 bits per heavy atom. The van der Waals surface area contributed by atoms with Gasteiger partial charge in [0, 0.05) is 46.5 Å². The van der Waals surface area contributed by atoms with Gasteiger partial charge in [-0.2, -0.15) is 0 Å². The Labute approximate surface area is 202 Å². The minimum absolute atomic E-state index is 0.0123. The fourth-order valence-electron chi connectivity index (χ4n) is 4.78. The zero-order valence-electron chi connectivity index (χ0n) is 19.8. The van der Waals surface area contributed by atoms with Crippen molar-refractivity contribution in [2.24, 2.45) is 0 Å². The van der Waals surface area contributed by atoms with Gasteiger partial charge in [-0.25, -0.2) is 0 Å². The second-order valence-electron chi connectivity index (χ2n) is 8.94. The van der Waals surface area contributed by atoms with E-state index in [1.165, 1.54) is 0 Å². The van der Waals surface area contributed by atoms with Gasteiger partial charge >= 0.3 is 0 Å². The van der Waals surface area contributed by atoms with Crippen molar-refractivity contribution in [3.05, 3.63) is 76.7 Å². The third-order valence-electron chi connectivity index (χ3n) is 6.31. The lowest BCUT2D eigenvalue weighted by Gasteiger charge is -2.18. The van der Waals surface area contributed by atoms with Gasteiger partial charge < -0.3 is 15.2 Å². The number of rotatable bonds is 8. The smallest absolute Gasteiger partial charge is 0.263 e. The van der Waals surface area contributed by atoms with Crippen LogP contribution in [0.15, 0.2) is 65.6 Å². The molecule has 0 aliphatic rings. The summed E-state index contributed by atoms with van der Waals surface area (Å²) < 4.78 is 7.89. The van der Waals surface area contributed by atoms with Gasteiger partial charge in [0.1, 0.15) is 5.75 Å². The molecule has 0 fully saturated rings. The van der Waals surface area contributed by atoms with Crippen molar-refractivity contribution in [2.45, 2.75) is 32.8 Å². The summed E-state index contributed by atoms with van der Waals surface area (Å²) in [6, 6.07) is 13.2. The first-order valence-electron chi connectivity index (χ1n) is 11.7. The van der Waals surface area contributed by atoms with Gasteiger partial charge in [0.2, 0.25) is 0 Å². The lowest BCUT2D eigenvalue weighted by Crippen LogP contribution is -2.37. The molecule has 0 bridgehead atoms. The molecule has 2 aromatic carbocycles. The summed E-state index contributed by atoms with van der Waals surface area (Å²) >= 11 is 0. The Morgan fingerprint density at radius 2 is 1.94 bits per heavy atom. The molecule has 5 rings (SSSR count). The molecule has 7 heteroatoms. The number of aliphatic hydroxyl groups is 1. The van der Waals surface area contributed by atoms with Gasteiger partial charge in [0.15, 0.2) is 6.10 Å². The number of pyridine rings is 2. The molecule has 1 unspecified atom stereocenters. The van der Waals surface area contributed by atoms with Crippen LogP contribution in [-0.2, 0) is 11.2 Å². The number of aliphatic hydroxyl groups excluding tert-OH is 1. The van der Waals surface area contributed by atoms with Crippen molar-refractivity contribution in [3.63, 3.8) is 0 Å². The van der Waals surface area contributed by atoms with Crippen LogP contribution in [0.25, 0.3) is 38.1 Å². The van der Waals surface area contributed by atoms with Crippen LogP contribution in [0.2, 0.25) is 0 Å². The molecule has 2 N–H and O–H groups in total. The number of carbonyl (C=O) groups excluding carboxylic acids is 1. The number of hydrogen-bond donors (Lipinski definition) is 2. The predicted molar refractivity (Wildman–Crippen MR) is 138 cm³/mol. The maximum atomic E-state index is 13.6. The van der Waals surface area contributed by atoms with Gasteiger partial charge in [0.05, 0.1) is 16.6 Å². The number of amides is 1. The number of fused-ring (bicyclic) bond motifs is 5. The number of ether oxygens (including phenoxy) is 1. The van der Waals surface area contributed by atoms with Crippen LogP contribution in [0.5, 0.6) is 5.75 Å². The van der Waals surface area contributed by atoms with Crippen molar-refractivity contribution in [3.8, 4) is 5.75 Å². The third-order valence-corrected chi connectivity index (χ3v) is 6.31. The van der Waals surface area contributed by atoms with Gasteiger partial charge in [-0.05, 0) is 51.0 Å². The van der Waals surface area contributed by atoms with E-state index in [-0.39, 0.29) is 18.1 Å². The Bertz CT molecular complexity index is 1650. The summed E-state index contributed by atoms with van der Waals surface area (Å²) in [6.45, 7) is 8.14. The Morgan fingerprint density at radius 3 is 2.69 bits per heavy atom. The molecule has 1 amide bonds. The fraction of sp³-hybridized carbons (Fsp3) is 0.250. The normalized spacial score (nSPS) is 12.5. The molecule has 5 aromatic rings. The van der Waals surface area contributed by atoms with Crippen LogP contribution in [0.3, 0.4) is 0 Å². The molecule has 0 aliphatic carbocycles. The van der Waals surface area contributed by atoms with E-state index in [0.717, 1.165) is 43.8 Å². The van der Waals surface area contributed by atoms with E-state index < -0.39 is 6.10 Å². The van der Waals surface area contributed by atoms with Crippen molar-refractivity contribution >= 4 is 44.0 Å². The first-order chi connectivity index (χ1) is 16.9. The Hall–Kier alpha value is -3.97. The Kier molecular flexibility index (Phi) is 5.86. The standard InChI is InChI=1S/C28H27N3O4/c1-16(2)15-21-23(35-17(3)27(33)30-12-6-14-32)10-9-22-24(21)20-11-13-29-25-18-7-4-5-8-19(18)28(34)31(22)26(20)25/h4-5,7-11,13,17,32H,1,6,12,14-15H2,2-3H3,(H,30,33). The largest absolute Gasteiger partial charge is 0.481 e. The van der Waals surface area contributed by atoms with Crippen LogP contribution < -0.4 is 15.6 Å². The zero-order valence-corrected chi connectivity index (χ0v) is 19.8. The highest BCUT2D eigenvalue weighted by atomic mass is 16.5. The topological polar surface area (TPSA) is 92.9 Å². The highest BCUT2D eigenvalue weighted by molar-refractivity contribution is 6.19. The lowest BCUT2D eigenvalue weighted by atomic mass is 9.99. The molecule has 178 valence electrons. The van der Waals surface area contributed by atoms with Crippen molar-refractivity contribution in [1.29, 1.82) is 0 Å². The van der Waals surface area contributed by atoms with Crippen LogP contribution in [0.4, 0.5) is 0 Å². The molecule has 7 nitrogen and oxygen atoms in total. The van der Waals surface area contributed by atoms with Crippen molar-refractivity contribution < 1.29 is 14.6 Å². The third kappa shape index (κ3) is 3.78. The summed E-state index contributed by atoms with van der Waals surface area (Å²) in [6.07, 6.45) is 2.05. The SMILES string of the molecule is C=C(C)Cc1c(OC(C)C(=O)NCCCO)ccc2c1c1ccnc3c4ccccc4c(=O)n2c13. The van der Waals surface area contributed by atoms with Gasteiger partial charge in [0.25, 0.3) is 11.5 Å². The molecule has 3 heterocycles. The molecular weight excluding hydrogens is 442 g/mol. The second-order valence-corrected chi connectivity index (χ2v) is 8.94. The molecule has 0 spiro atoms. The Balaban J connectivity index is 1.75. The predicted octanol–water partition coefficient (Wildman–Crippen LogP) is 3.98. The van der Waals surface area contributed by atoms with Gasteiger partial charge in [-0.3, -0.25) is 19.0 Å².